The Morgan fingerprint density at radius 1 is 1.00 bits per heavy atom. The molecular formula is C23H21N3O3. The molecule has 0 saturated heterocycles. The Hall–Kier alpha value is -3.51. The third-order valence-electron chi connectivity index (χ3n) is 4.92. The van der Waals surface area contributed by atoms with Crippen molar-refractivity contribution in [1.82, 2.24) is 9.88 Å². The molecule has 4 rings (SSSR count). The number of ether oxygens (including phenoxy) is 1. The summed E-state index contributed by atoms with van der Waals surface area (Å²) < 4.78 is 5.43. The lowest BCUT2D eigenvalue weighted by Crippen LogP contribution is -2.21. The topological polar surface area (TPSA) is 85.5 Å². The maximum absolute atomic E-state index is 13.2. The second kappa shape index (κ2) is 7.48. The van der Waals surface area contributed by atoms with E-state index in [1.165, 1.54) is 0 Å². The van der Waals surface area contributed by atoms with Gasteiger partial charge in [-0.2, -0.15) is 0 Å². The van der Waals surface area contributed by atoms with Crippen LogP contribution in [-0.2, 0) is 4.74 Å². The summed E-state index contributed by atoms with van der Waals surface area (Å²) in [6.07, 6.45) is 0. The molecule has 0 unspecified atom stereocenters. The molecule has 1 aromatic heterocycles. The highest BCUT2D eigenvalue weighted by molar-refractivity contribution is 6.27. The van der Waals surface area contributed by atoms with E-state index in [0.29, 0.717) is 34.5 Å². The summed E-state index contributed by atoms with van der Waals surface area (Å²) in [5, 5.41) is 0. The number of hydrogen-bond donors (Lipinski definition) is 1. The molecule has 0 bridgehead atoms. The third-order valence-corrected chi connectivity index (χ3v) is 4.92. The fourth-order valence-electron chi connectivity index (χ4n) is 3.53. The van der Waals surface area contributed by atoms with E-state index in [1.54, 1.807) is 12.1 Å². The first kappa shape index (κ1) is 18.8. The van der Waals surface area contributed by atoms with Crippen molar-refractivity contribution >= 4 is 17.6 Å². The summed E-state index contributed by atoms with van der Waals surface area (Å²) in [7, 11) is 3.79. The lowest BCUT2D eigenvalue weighted by molar-refractivity contribution is 0.0483. The van der Waals surface area contributed by atoms with Crippen LogP contribution in [0.3, 0.4) is 0 Å². The van der Waals surface area contributed by atoms with Crippen LogP contribution < -0.4 is 5.73 Å². The van der Waals surface area contributed by atoms with Gasteiger partial charge in [0.15, 0.2) is 5.78 Å². The summed E-state index contributed by atoms with van der Waals surface area (Å²) in [6, 6.07) is 16.6. The summed E-state index contributed by atoms with van der Waals surface area (Å²) in [5.41, 5.74) is 9.74. The van der Waals surface area contributed by atoms with E-state index in [1.807, 2.05) is 61.5 Å². The lowest BCUT2D eigenvalue weighted by Gasteiger charge is -2.15. The quantitative estimate of drug-likeness (QED) is 0.529. The van der Waals surface area contributed by atoms with Gasteiger partial charge < -0.3 is 15.4 Å². The molecule has 0 fully saturated rings. The number of esters is 1. The highest BCUT2D eigenvalue weighted by Gasteiger charge is 2.36. The smallest absolute Gasteiger partial charge is 0.342 e. The van der Waals surface area contributed by atoms with Gasteiger partial charge in [-0.15, -0.1) is 0 Å². The number of fused-ring (bicyclic) bond motifs is 3. The van der Waals surface area contributed by atoms with Gasteiger partial charge in [-0.05, 0) is 19.7 Å². The summed E-state index contributed by atoms with van der Waals surface area (Å²) >= 11 is 0. The van der Waals surface area contributed by atoms with Gasteiger partial charge in [0.05, 0.1) is 11.3 Å². The lowest BCUT2D eigenvalue weighted by atomic mass is 9.96. The number of nitrogens with zero attached hydrogens (tertiary/aromatic N) is 2. The first-order valence-electron chi connectivity index (χ1n) is 9.34. The number of pyridine rings is 1. The molecule has 0 atom stereocenters. The number of ketones is 1. The molecule has 0 saturated carbocycles. The minimum atomic E-state index is -0.572. The highest BCUT2D eigenvalue weighted by Crippen LogP contribution is 2.44. The predicted octanol–water partition coefficient (Wildman–Crippen LogP) is 3.26. The number of nitrogens with two attached hydrogens (primary N) is 1. The van der Waals surface area contributed by atoms with Gasteiger partial charge in [0.2, 0.25) is 0 Å². The molecule has 6 heteroatoms. The van der Waals surface area contributed by atoms with E-state index in [9.17, 15) is 9.59 Å². The zero-order valence-corrected chi connectivity index (χ0v) is 16.3. The van der Waals surface area contributed by atoms with E-state index in [4.69, 9.17) is 10.5 Å². The molecule has 0 spiro atoms. The standard InChI is InChI=1S/C23H21N3O3/c1-26(2)12-13-29-23(28)19-17-15-10-6-7-11-16(15)21(27)18(17)20(25-22(19)24)14-8-4-3-5-9-14/h3-11H,12-13H2,1-2H3,(H2,24,25). The van der Waals surface area contributed by atoms with Gasteiger partial charge in [0.25, 0.3) is 0 Å². The number of aromatic nitrogens is 1. The number of carbonyl (C=O) groups is 2. The average molecular weight is 387 g/mol. The number of likely N-dealkylation sites (N-methyl/N-ethyl adjacent to an activating group) is 1. The number of anilines is 1. The van der Waals surface area contributed by atoms with Crippen LogP contribution in [0.2, 0.25) is 0 Å². The summed E-state index contributed by atoms with van der Waals surface area (Å²) in [6.45, 7) is 0.801. The summed E-state index contributed by atoms with van der Waals surface area (Å²) in [4.78, 5) is 32.5. The van der Waals surface area contributed by atoms with E-state index >= 15 is 0 Å². The molecule has 2 aromatic carbocycles. The molecule has 1 aliphatic carbocycles. The van der Waals surface area contributed by atoms with Gasteiger partial charge in [-0.3, -0.25) is 4.79 Å². The van der Waals surface area contributed by atoms with Crippen LogP contribution in [-0.4, -0.2) is 48.9 Å². The SMILES string of the molecule is CN(C)CCOC(=O)c1c(N)nc(-c2ccccc2)c2c1-c1ccccc1C2=O. The number of carbonyl (C=O) groups excluding carboxylic acids is 2. The molecule has 0 amide bonds. The second-order valence-electron chi connectivity index (χ2n) is 7.15. The maximum Gasteiger partial charge on any atom is 0.342 e. The monoisotopic (exact) mass is 387 g/mol. The molecular weight excluding hydrogens is 366 g/mol. The Balaban J connectivity index is 1.91. The molecule has 29 heavy (non-hydrogen) atoms. The van der Waals surface area contributed by atoms with Crippen molar-refractivity contribution < 1.29 is 14.3 Å². The number of benzene rings is 2. The van der Waals surface area contributed by atoms with Crippen LogP contribution in [0.1, 0.15) is 26.3 Å². The molecule has 0 radical (unpaired) electrons. The van der Waals surface area contributed by atoms with Crippen molar-refractivity contribution in [3.05, 3.63) is 71.3 Å². The first-order chi connectivity index (χ1) is 14.0. The van der Waals surface area contributed by atoms with E-state index < -0.39 is 5.97 Å². The fraction of sp³-hybridized carbons (Fsp3) is 0.174. The zero-order valence-electron chi connectivity index (χ0n) is 16.3. The van der Waals surface area contributed by atoms with Gasteiger partial charge in [0, 0.05) is 23.2 Å². The van der Waals surface area contributed by atoms with Crippen LogP contribution in [0.25, 0.3) is 22.4 Å². The van der Waals surface area contributed by atoms with E-state index in [0.717, 1.165) is 5.56 Å². The maximum atomic E-state index is 13.2. The van der Waals surface area contributed by atoms with E-state index in [-0.39, 0.29) is 23.8 Å². The molecule has 2 N–H and O–H groups in total. The van der Waals surface area contributed by atoms with Crippen molar-refractivity contribution in [3.63, 3.8) is 0 Å². The van der Waals surface area contributed by atoms with Crippen molar-refractivity contribution in [1.29, 1.82) is 0 Å². The average Bonchev–Trinajstić information content (AvgIpc) is 3.01. The Morgan fingerprint density at radius 3 is 2.34 bits per heavy atom. The van der Waals surface area contributed by atoms with Gasteiger partial charge in [0.1, 0.15) is 18.0 Å². The van der Waals surface area contributed by atoms with Crippen molar-refractivity contribution in [2.45, 2.75) is 0 Å². The number of nitrogen functional groups attached to an aromatic ring is 1. The van der Waals surface area contributed by atoms with Crippen LogP contribution in [0.5, 0.6) is 0 Å². The van der Waals surface area contributed by atoms with Gasteiger partial charge in [-0.1, -0.05) is 54.6 Å². The molecule has 1 heterocycles. The minimum absolute atomic E-state index is 0.0574. The van der Waals surface area contributed by atoms with Gasteiger partial charge in [-0.25, -0.2) is 9.78 Å². The Bertz CT molecular complexity index is 1110. The fourth-order valence-corrected chi connectivity index (χ4v) is 3.53. The van der Waals surface area contributed by atoms with Crippen molar-refractivity contribution in [3.8, 4) is 22.4 Å². The minimum Gasteiger partial charge on any atom is -0.461 e. The second-order valence-corrected chi connectivity index (χ2v) is 7.15. The first-order valence-corrected chi connectivity index (χ1v) is 9.34. The third kappa shape index (κ3) is 3.28. The van der Waals surface area contributed by atoms with Crippen molar-refractivity contribution in [2.24, 2.45) is 0 Å². The Morgan fingerprint density at radius 2 is 1.66 bits per heavy atom. The normalized spacial score (nSPS) is 12.0. The van der Waals surface area contributed by atoms with Crippen LogP contribution in [0.15, 0.2) is 54.6 Å². The number of hydrogen-bond acceptors (Lipinski definition) is 6. The molecule has 1 aliphatic rings. The van der Waals surface area contributed by atoms with Gasteiger partial charge >= 0.3 is 5.97 Å². The largest absolute Gasteiger partial charge is 0.461 e. The Labute approximate surface area is 168 Å². The molecule has 3 aromatic rings. The van der Waals surface area contributed by atoms with E-state index in [2.05, 4.69) is 4.98 Å². The molecule has 0 aliphatic heterocycles. The van der Waals surface area contributed by atoms with Crippen LogP contribution >= 0.6 is 0 Å². The van der Waals surface area contributed by atoms with Crippen molar-refractivity contribution in [2.75, 3.05) is 33.0 Å². The summed E-state index contributed by atoms with van der Waals surface area (Å²) in [5.74, 6) is -0.677. The molecule has 6 nitrogen and oxygen atoms in total. The van der Waals surface area contributed by atoms with Crippen LogP contribution in [0, 0.1) is 0 Å². The number of rotatable bonds is 5. The molecule has 146 valence electrons. The zero-order chi connectivity index (χ0) is 20.5. The Kier molecular flexibility index (Phi) is 4.86. The van der Waals surface area contributed by atoms with Crippen LogP contribution in [0.4, 0.5) is 5.82 Å². The highest BCUT2D eigenvalue weighted by atomic mass is 16.5. The predicted molar refractivity (Wildman–Crippen MR) is 112 cm³/mol.